The SMILES string of the molecule is CCOc1ccc(Nc2nc(C)cc(C(=O)NCCN(C)C)n2)cc1. The first kappa shape index (κ1) is 18.7. The normalized spacial score (nSPS) is 10.6. The number of amides is 1. The highest BCUT2D eigenvalue weighted by molar-refractivity contribution is 5.92. The first-order chi connectivity index (χ1) is 12.0. The van der Waals surface area contributed by atoms with Crippen molar-refractivity contribution in [1.82, 2.24) is 20.2 Å². The summed E-state index contributed by atoms with van der Waals surface area (Å²) in [5, 5.41) is 5.97. The van der Waals surface area contributed by atoms with Crippen molar-refractivity contribution >= 4 is 17.5 Å². The fourth-order valence-electron chi connectivity index (χ4n) is 2.15. The highest BCUT2D eigenvalue weighted by Gasteiger charge is 2.10. The Morgan fingerprint density at radius 3 is 2.56 bits per heavy atom. The lowest BCUT2D eigenvalue weighted by atomic mass is 10.3. The van der Waals surface area contributed by atoms with Crippen LogP contribution in [-0.4, -0.2) is 54.6 Å². The number of aromatic nitrogens is 2. The van der Waals surface area contributed by atoms with Crippen LogP contribution < -0.4 is 15.4 Å². The first-order valence-electron chi connectivity index (χ1n) is 8.26. The Kier molecular flexibility index (Phi) is 6.71. The van der Waals surface area contributed by atoms with Crippen LogP contribution in [0, 0.1) is 6.92 Å². The van der Waals surface area contributed by atoms with Gasteiger partial charge in [-0.05, 0) is 58.3 Å². The molecule has 1 amide bonds. The molecule has 0 bridgehead atoms. The second-order valence-electron chi connectivity index (χ2n) is 5.86. The number of aryl methyl sites for hydroxylation is 1. The molecule has 7 heteroatoms. The largest absolute Gasteiger partial charge is 0.494 e. The van der Waals surface area contributed by atoms with E-state index in [1.54, 1.807) is 6.07 Å². The van der Waals surface area contributed by atoms with E-state index in [2.05, 4.69) is 20.6 Å². The number of carbonyl (C=O) groups is 1. The average molecular weight is 343 g/mol. The standard InChI is InChI=1S/C18H25N5O2/c1-5-25-15-8-6-14(7-9-15)21-18-20-13(2)12-16(22-18)17(24)19-10-11-23(3)4/h6-9,12H,5,10-11H2,1-4H3,(H,19,24)(H,20,21,22). The summed E-state index contributed by atoms with van der Waals surface area (Å²) >= 11 is 0. The maximum absolute atomic E-state index is 12.2. The summed E-state index contributed by atoms with van der Waals surface area (Å²) < 4.78 is 5.42. The lowest BCUT2D eigenvalue weighted by molar-refractivity contribution is 0.0946. The van der Waals surface area contributed by atoms with E-state index in [-0.39, 0.29) is 5.91 Å². The number of carbonyl (C=O) groups excluding carboxylic acids is 1. The summed E-state index contributed by atoms with van der Waals surface area (Å²) in [6, 6.07) is 9.18. The Labute approximate surface area is 148 Å². The number of likely N-dealkylation sites (N-methyl/N-ethyl adjacent to an activating group) is 1. The molecule has 0 saturated carbocycles. The van der Waals surface area contributed by atoms with Gasteiger partial charge in [0.05, 0.1) is 6.61 Å². The number of nitrogens with zero attached hydrogens (tertiary/aromatic N) is 3. The third-order valence-corrected chi connectivity index (χ3v) is 3.35. The van der Waals surface area contributed by atoms with Crippen LogP contribution in [0.2, 0.25) is 0 Å². The zero-order chi connectivity index (χ0) is 18.2. The van der Waals surface area contributed by atoms with Crippen LogP contribution in [0.1, 0.15) is 23.1 Å². The molecule has 0 spiro atoms. The minimum absolute atomic E-state index is 0.206. The number of rotatable bonds is 8. The first-order valence-corrected chi connectivity index (χ1v) is 8.26. The molecule has 0 aliphatic rings. The molecule has 2 aromatic rings. The van der Waals surface area contributed by atoms with Gasteiger partial charge in [0.25, 0.3) is 5.91 Å². The van der Waals surface area contributed by atoms with Crippen molar-refractivity contribution in [3.05, 3.63) is 41.7 Å². The maximum atomic E-state index is 12.2. The van der Waals surface area contributed by atoms with Crippen molar-refractivity contribution in [3.63, 3.8) is 0 Å². The van der Waals surface area contributed by atoms with Gasteiger partial charge in [-0.1, -0.05) is 0 Å². The molecule has 1 aromatic carbocycles. The topological polar surface area (TPSA) is 79.4 Å². The molecule has 1 heterocycles. The molecule has 7 nitrogen and oxygen atoms in total. The third kappa shape index (κ3) is 6.04. The zero-order valence-corrected chi connectivity index (χ0v) is 15.2. The van der Waals surface area contributed by atoms with Gasteiger partial charge in [-0.25, -0.2) is 9.97 Å². The highest BCUT2D eigenvalue weighted by atomic mass is 16.5. The molecule has 0 saturated heterocycles. The van der Waals surface area contributed by atoms with Gasteiger partial charge in [0, 0.05) is 24.5 Å². The van der Waals surface area contributed by atoms with E-state index in [1.807, 2.05) is 57.1 Å². The van der Waals surface area contributed by atoms with Gasteiger partial charge < -0.3 is 20.3 Å². The van der Waals surface area contributed by atoms with Crippen LogP contribution in [0.25, 0.3) is 0 Å². The van der Waals surface area contributed by atoms with E-state index >= 15 is 0 Å². The number of hydrogen-bond donors (Lipinski definition) is 2. The second-order valence-corrected chi connectivity index (χ2v) is 5.86. The third-order valence-electron chi connectivity index (χ3n) is 3.35. The van der Waals surface area contributed by atoms with Gasteiger partial charge in [-0.3, -0.25) is 4.79 Å². The Morgan fingerprint density at radius 2 is 1.92 bits per heavy atom. The van der Waals surface area contributed by atoms with Crippen LogP contribution >= 0.6 is 0 Å². The number of benzene rings is 1. The van der Waals surface area contributed by atoms with Crippen molar-refractivity contribution in [3.8, 4) is 5.75 Å². The fourth-order valence-corrected chi connectivity index (χ4v) is 2.15. The number of anilines is 2. The quantitative estimate of drug-likeness (QED) is 0.765. The number of nitrogens with one attached hydrogen (secondary N) is 2. The van der Waals surface area contributed by atoms with Gasteiger partial charge in [-0.15, -0.1) is 0 Å². The van der Waals surface area contributed by atoms with Gasteiger partial charge >= 0.3 is 0 Å². The summed E-state index contributed by atoms with van der Waals surface area (Å²) in [6.45, 7) is 5.74. The lowest BCUT2D eigenvalue weighted by Crippen LogP contribution is -2.32. The Balaban J connectivity index is 2.06. The summed E-state index contributed by atoms with van der Waals surface area (Å²) in [5.41, 5.74) is 1.90. The molecule has 0 radical (unpaired) electrons. The Hall–Kier alpha value is -2.67. The van der Waals surface area contributed by atoms with Crippen LogP contribution in [-0.2, 0) is 0 Å². The molecule has 0 aliphatic carbocycles. The summed E-state index contributed by atoms with van der Waals surface area (Å²) in [4.78, 5) is 22.9. The van der Waals surface area contributed by atoms with Crippen molar-refractivity contribution in [1.29, 1.82) is 0 Å². The van der Waals surface area contributed by atoms with Gasteiger partial charge in [-0.2, -0.15) is 0 Å². The van der Waals surface area contributed by atoms with Crippen molar-refractivity contribution in [2.45, 2.75) is 13.8 Å². The number of hydrogen-bond acceptors (Lipinski definition) is 6. The minimum Gasteiger partial charge on any atom is -0.494 e. The number of ether oxygens (including phenoxy) is 1. The smallest absolute Gasteiger partial charge is 0.270 e. The fraction of sp³-hybridized carbons (Fsp3) is 0.389. The molecule has 0 atom stereocenters. The van der Waals surface area contributed by atoms with E-state index in [1.165, 1.54) is 0 Å². The molecule has 0 aliphatic heterocycles. The van der Waals surface area contributed by atoms with Crippen LogP contribution in [0.5, 0.6) is 5.75 Å². The summed E-state index contributed by atoms with van der Waals surface area (Å²) in [6.07, 6.45) is 0. The molecule has 1 aromatic heterocycles. The van der Waals surface area contributed by atoms with E-state index < -0.39 is 0 Å². The van der Waals surface area contributed by atoms with E-state index in [0.717, 1.165) is 23.7 Å². The minimum atomic E-state index is -0.206. The molecule has 0 unspecified atom stereocenters. The Morgan fingerprint density at radius 1 is 1.20 bits per heavy atom. The molecule has 0 fully saturated rings. The lowest BCUT2D eigenvalue weighted by Gasteiger charge is -2.11. The monoisotopic (exact) mass is 343 g/mol. The molecular formula is C18H25N5O2. The van der Waals surface area contributed by atoms with E-state index in [0.29, 0.717) is 24.8 Å². The predicted molar refractivity (Wildman–Crippen MR) is 98.5 cm³/mol. The van der Waals surface area contributed by atoms with E-state index in [4.69, 9.17) is 4.74 Å². The van der Waals surface area contributed by atoms with Gasteiger partial charge in [0.15, 0.2) is 0 Å². The Bertz CT molecular complexity index is 701. The molecule has 2 rings (SSSR count). The van der Waals surface area contributed by atoms with Crippen molar-refractivity contribution < 1.29 is 9.53 Å². The van der Waals surface area contributed by atoms with Gasteiger partial charge in [0.2, 0.25) is 5.95 Å². The molecule has 25 heavy (non-hydrogen) atoms. The van der Waals surface area contributed by atoms with Gasteiger partial charge in [0.1, 0.15) is 11.4 Å². The zero-order valence-electron chi connectivity index (χ0n) is 15.2. The van der Waals surface area contributed by atoms with E-state index in [9.17, 15) is 4.79 Å². The molecule has 2 N–H and O–H groups in total. The highest BCUT2D eigenvalue weighted by Crippen LogP contribution is 2.18. The van der Waals surface area contributed by atoms with Crippen molar-refractivity contribution in [2.75, 3.05) is 39.1 Å². The van der Waals surface area contributed by atoms with Crippen LogP contribution in [0.15, 0.2) is 30.3 Å². The molecular weight excluding hydrogens is 318 g/mol. The maximum Gasteiger partial charge on any atom is 0.270 e. The van der Waals surface area contributed by atoms with Crippen molar-refractivity contribution in [2.24, 2.45) is 0 Å². The predicted octanol–water partition coefficient (Wildman–Crippen LogP) is 2.22. The summed E-state index contributed by atoms with van der Waals surface area (Å²) in [7, 11) is 3.92. The average Bonchev–Trinajstić information content (AvgIpc) is 2.56. The summed E-state index contributed by atoms with van der Waals surface area (Å²) in [5.74, 6) is 0.989. The van der Waals surface area contributed by atoms with Crippen LogP contribution in [0.4, 0.5) is 11.6 Å². The van der Waals surface area contributed by atoms with Crippen LogP contribution in [0.3, 0.4) is 0 Å². The second kappa shape index (κ2) is 8.98. The molecule has 134 valence electrons.